The van der Waals surface area contributed by atoms with E-state index >= 15 is 0 Å². The highest BCUT2D eigenvalue weighted by atomic mass is 16.4. The standard InChI is InChI=1S/C17H20N2O2/c1-12-9-15(19(2)18-12)11-17(16(20)21)8-7-13-5-3-4-6-14(13)10-17/h3-6,9H,7-8,10-11H2,1-2H3,(H,20,21). The highest BCUT2D eigenvalue weighted by molar-refractivity contribution is 5.76. The molecule has 1 aromatic heterocycles. The van der Waals surface area contributed by atoms with Crippen LogP contribution in [0, 0.1) is 12.3 Å². The third-order valence-electron chi connectivity index (χ3n) is 4.59. The van der Waals surface area contributed by atoms with Crippen LogP contribution in [0.25, 0.3) is 0 Å². The van der Waals surface area contributed by atoms with Crippen LogP contribution in [0.3, 0.4) is 0 Å². The molecule has 3 rings (SSSR count). The van der Waals surface area contributed by atoms with Crippen LogP contribution in [0.5, 0.6) is 0 Å². The summed E-state index contributed by atoms with van der Waals surface area (Å²) in [6, 6.07) is 10.2. The fraction of sp³-hybridized carbons (Fsp3) is 0.412. The summed E-state index contributed by atoms with van der Waals surface area (Å²) in [5, 5.41) is 14.2. The van der Waals surface area contributed by atoms with Gasteiger partial charge in [-0.05, 0) is 43.4 Å². The first kappa shape index (κ1) is 13.9. The summed E-state index contributed by atoms with van der Waals surface area (Å²) >= 11 is 0. The first-order valence-corrected chi connectivity index (χ1v) is 7.30. The predicted octanol–water partition coefficient (Wildman–Crippen LogP) is 2.53. The number of carboxylic acid groups (broad SMARTS) is 1. The number of aromatic nitrogens is 2. The Morgan fingerprint density at radius 1 is 1.38 bits per heavy atom. The number of hydrogen-bond acceptors (Lipinski definition) is 2. The Morgan fingerprint density at radius 2 is 2.10 bits per heavy atom. The van der Waals surface area contributed by atoms with Crippen LogP contribution in [0.1, 0.15) is 28.9 Å². The Bertz CT molecular complexity index is 690. The van der Waals surface area contributed by atoms with Gasteiger partial charge in [0, 0.05) is 19.2 Å². The Hall–Kier alpha value is -2.10. The molecular weight excluding hydrogens is 264 g/mol. The highest BCUT2D eigenvalue weighted by Gasteiger charge is 2.42. The molecule has 1 heterocycles. The van der Waals surface area contributed by atoms with Crippen LogP contribution in [-0.2, 0) is 31.1 Å². The van der Waals surface area contributed by atoms with E-state index in [0.29, 0.717) is 19.3 Å². The number of rotatable bonds is 3. The number of carboxylic acids is 1. The molecule has 1 aromatic carbocycles. The van der Waals surface area contributed by atoms with Gasteiger partial charge in [0.15, 0.2) is 0 Å². The Labute approximate surface area is 124 Å². The van der Waals surface area contributed by atoms with E-state index in [-0.39, 0.29) is 0 Å². The van der Waals surface area contributed by atoms with E-state index in [9.17, 15) is 9.90 Å². The summed E-state index contributed by atoms with van der Waals surface area (Å²) in [5.41, 5.74) is 3.67. The van der Waals surface area contributed by atoms with Gasteiger partial charge >= 0.3 is 5.97 Å². The van der Waals surface area contributed by atoms with E-state index in [1.165, 1.54) is 11.1 Å². The molecule has 110 valence electrons. The highest BCUT2D eigenvalue weighted by Crippen LogP contribution is 2.38. The number of benzene rings is 1. The summed E-state index contributed by atoms with van der Waals surface area (Å²) in [6.07, 6.45) is 2.65. The third kappa shape index (κ3) is 2.46. The van der Waals surface area contributed by atoms with Crippen LogP contribution in [0.4, 0.5) is 0 Å². The van der Waals surface area contributed by atoms with Crippen molar-refractivity contribution in [3.05, 3.63) is 52.8 Å². The zero-order valence-electron chi connectivity index (χ0n) is 12.5. The minimum Gasteiger partial charge on any atom is -0.481 e. The Morgan fingerprint density at radius 3 is 2.71 bits per heavy atom. The monoisotopic (exact) mass is 284 g/mol. The molecule has 0 amide bonds. The lowest BCUT2D eigenvalue weighted by atomic mass is 9.69. The molecule has 1 unspecified atom stereocenters. The minimum atomic E-state index is -0.714. The van der Waals surface area contributed by atoms with Gasteiger partial charge in [-0.25, -0.2) is 0 Å². The van der Waals surface area contributed by atoms with E-state index in [1.807, 2.05) is 32.2 Å². The second kappa shape index (κ2) is 5.02. The second-order valence-electron chi connectivity index (χ2n) is 6.11. The van der Waals surface area contributed by atoms with E-state index in [2.05, 4.69) is 17.2 Å². The lowest BCUT2D eigenvalue weighted by molar-refractivity contribution is -0.149. The first-order valence-electron chi connectivity index (χ1n) is 7.30. The molecular formula is C17H20N2O2. The Balaban J connectivity index is 1.95. The van der Waals surface area contributed by atoms with Gasteiger partial charge in [-0.3, -0.25) is 9.48 Å². The SMILES string of the molecule is Cc1cc(CC2(C(=O)O)CCc3ccccc3C2)n(C)n1. The first-order chi connectivity index (χ1) is 10.00. The number of aliphatic carboxylic acids is 1. The van der Waals surface area contributed by atoms with Gasteiger partial charge in [0.2, 0.25) is 0 Å². The van der Waals surface area contributed by atoms with E-state index in [1.54, 1.807) is 4.68 Å². The van der Waals surface area contributed by atoms with E-state index < -0.39 is 11.4 Å². The average Bonchev–Trinajstić information content (AvgIpc) is 2.76. The molecule has 0 saturated carbocycles. The lowest BCUT2D eigenvalue weighted by Gasteiger charge is -2.34. The van der Waals surface area contributed by atoms with Crippen molar-refractivity contribution in [2.75, 3.05) is 0 Å². The third-order valence-corrected chi connectivity index (χ3v) is 4.59. The molecule has 0 fully saturated rings. The molecule has 1 atom stereocenters. The zero-order valence-corrected chi connectivity index (χ0v) is 12.5. The van der Waals surface area contributed by atoms with Gasteiger partial charge in [-0.2, -0.15) is 5.10 Å². The molecule has 0 saturated heterocycles. The van der Waals surface area contributed by atoms with Gasteiger partial charge in [0.1, 0.15) is 0 Å². The van der Waals surface area contributed by atoms with Crippen LogP contribution in [0.15, 0.2) is 30.3 Å². The lowest BCUT2D eigenvalue weighted by Crippen LogP contribution is -2.39. The maximum absolute atomic E-state index is 12.0. The fourth-order valence-electron chi connectivity index (χ4n) is 3.39. The van der Waals surface area contributed by atoms with Crippen LogP contribution in [-0.4, -0.2) is 20.9 Å². The number of aryl methyl sites for hydroxylation is 3. The summed E-state index contributed by atoms with van der Waals surface area (Å²) in [5.74, 6) is -0.698. The summed E-state index contributed by atoms with van der Waals surface area (Å²) in [6.45, 7) is 1.94. The molecule has 0 spiro atoms. The van der Waals surface area contributed by atoms with Gasteiger partial charge < -0.3 is 5.11 Å². The predicted molar refractivity (Wildman–Crippen MR) is 80.2 cm³/mol. The average molecular weight is 284 g/mol. The number of nitrogens with zero attached hydrogens (tertiary/aromatic N) is 2. The normalized spacial score (nSPS) is 21.0. The van der Waals surface area contributed by atoms with Crippen LogP contribution >= 0.6 is 0 Å². The van der Waals surface area contributed by atoms with Crippen molar-refractivity contribution >= 4 is 5.97 Å². The van der Waals surface area contributed by atoms with Crippen molar-refractivity contribution in [1.29, 1.82) is 0 Å². The summed E-state index contributed by atoms with van der Waals surface area (Å²) in [4.78, 5) is 12.0. The zero-order chi connectivity index (χ0) is 15.0. The smallest absolute Gasteiger partial charge is 0.310 e. The van der Waals surface area contributed by atoms with E-state index in [0.717, 1.165) is 17.8 Å². The minimum absolute atomic E-state index is 0.536. The molecule has 1 aliphatic rings. The molecule has 4 nitrogen and oxygen atoms in total. The molecule has 21 heavy (non-hydrogen) atoms. The molecule has 0 aliphatic heterocycles. The van der Waals surface area contributed by atoms with Crippen molar-refractivity contribution in [1.82, 2.24) is 9.78 Å². The summed E-state index contributed by atoms with van der Waals surface area (Å²) in [7, 11) is 1.88. The molecule has 1 N–H and O–H groups in total. The van der Waals surface area contributed by atoms with Crippen LogP contribution < -0.4 is 0 Å². The maximum atomic E-state index is 12.0. The summed E-state index contributed by atoms with van der Waals surface area (Å²) < 4.78 is 1.81. The van der Waals surface area contributed by atoms with Crippen molar-refractivity contribution in [3.8, 4) is 0 Å². The van der Waals surface area contributed by atoms with E-state index in [4.69, 9.17) is 0 Å². The van der Waals surface area contributed by atoms with Gasteiger partial charge in [0.05, 0.1) is 11.1 Å². The van der Waals surface area contributed by atoms with Gasteiger partial charge in [-0.1, -0.05) is 24.3 Å². The topological polar surface area (TPSA) is 55.1 Å². The molecule has 2 aromatic rings. The van der Waals surface area contributed by atoms with Crippen molar-refractivity contribution in [2.45, 2.75) is 32.6 Å². The van der Waals surface area contributed by atoms with Gasteiger partial charge in [-0.15, -0.1) is 0 Å². The number of fused-ring (bicyclic) bond motifs is 1. The maximum Gasteiger partial charge on any atom is 0.310 e. The van der Waals surface area contributed by atoms with Crippen molar-refractivity contribution in [3.63, 3.8) is 0 Å². The Kier molecular flexibility index (Phi) is 3.32. The quantitative estimate of drug-likeness (QED) is 0.942. The molecule has 4 heteroatoms. The van der Waals surface area contributed by atoms with Crippen LogP contribution in [0.2, 0.25) is 0 Å². The van der Waals surface area contributed by atoms with Gasteiger partial charge in [0.25, 0.3) is 0 Å². The molecule has 0 radical (unpaired) electrons. The molecule has 0 bridgehead atoms. The second-order valence-corrected chi connectivity index (χ2v) is 6.11. The van der Waals surface area contributed by atoms with Crippen molar-refractivity contribution in [2.24, 2.45) is 12.5 Å². The fourth-order valence-corrected chi connectivity index (χ4v) is 3.39. The number of hydrogen-bond donors (Lipinski definition) is 1. The largest absolute Gasteiger partial charge is 0.481 e. The number of carbonyl (C=O) groups is 1. The van der Waals surface area contributed by atoms with Crippen molar-refractivity contribution < 1.29 is 9.90 Å². The molecule has 1 aliphatic carbocycles.